The molecule has 84 valence electrons. The quantitative estimate of drug-likeness (QED) is 0.677. The lowest BCUT2D eigenvalue weighted by Crippen LogP contribution is -2.33. The molecule has 0 amide bonds. The van der Waals surface area contributed by atoms with Crippen molar-refractivity contribution in [1.82, 2.24) is 5.32 Å². The Kier molecular flexibility index (Phi) is 5.32. The summed E-state index contributed by atoms with van der Waals surface area (Å²) < 4.78 is 0. The maximum Gasteiger partial charge on any atom is 0.0620 e. The molecule has 1 heterocycles. The third-order valence-corrected chi connectivity index (χ3v) is 4.42. The molecule has 1 aliphatic rings. The first-order chi connectivity index (χ1) is 6.66. The van der Waals surface area contributed by atoms with Gasteiger partial charge in [0.05, 0.1) is 4.87 Å². The molecule has 0 bridgehead atoms. The maximum atomic E-state index is 3.64. The highest BCUT2D eigenvalue weighted by atomic mass is 32.2. The highest BCUT2D eigenvalue weighted by Gasteiger charge is 2.32. The number of nitrogens with one attached hydrogen (secondary N) is 1. The van der Waals surface area contributed by atoms with E-state index in [0.29, 0.717) is 4.87 Å². The van der Waals surface area contributed by atoms with Crippen LogP contribution in [-0.4, -0.2) is 16.7 Å². The van der Waals surface area contributed by atoms with E-state index >= 15 is 0 Å². The molecule has 2 atom stereocenters. The highest BCUT2D eigenvalue weighted by molar-refractivity contribution is 8.01. The summed E-state index contributed by atoms with van der Waals surface area (Å²) in [6.07, 6.45) is 8.33. The Balaban J connectivity index is 2.05. The van der Waals surface area contributed by atoms with Crippen molar-refractivity contribution in [1.29, 1.82) is 0 Å². The molecule has 2 unspecified atom stereocenters. The molecule has 0 spiro atoms. The van der Waals surface area contributed by atoms with E-state index in [4.69, 9.17) is 0 Å². The molecule has 2 heteroatoms. The van der Waals surface area contributed by atoms with Crippen LogP contribution in [-0.2, 0) is 0 Å². The van der Waals surface area contributed by atoms with Crippen LogP contribution in [0, 0.1) is 0 Å². The van der Waals surface area contributed by atoms with Gasteiger partial charge >= 0.3 is 0 Å². The summed E-state index contributed by atoms with van der Waals surface area (Å²) in [5, 5.41) is 4.44. The van der Waals surface area contributed by atoms with E-state index in [-0.39, 0.29) is 0 Å². The van der Waals surface area contributed by atoms with Crippen molar-refractivity contribution in [2.75, 3.05) is 6.54 Å². The van der Waals surface area contributed by atoms with Crippen molar-refractivity contribution in [2.24, 2.45) is 0 Å². The minimum Gasteiger partial charge on any atom is -0.302 e. The van der Waals surface area contributed by atoms with Crippen LogP contribution in [0.3, 0.4) is 0 Å². The van der Waals surface area contributed by atoms with Gasteiger partial charge in [-0.25, -0.2) is 0 Å². The van der Waals surface area contributed by atoms with Crippen molar-refractivity contribution in [3.8, 4) is 0 Å². The molecule has 0 saturated carbocycles. The van der Waals surface area contributed by atoms with E-state index in [1.54, 1.807) is 0 Å². The first-order valence-electron chi connectivity index (χ1n) is 6.09. The van der Waals surface area contributed by atoms with Gasteiger partial charge in [-0.1, -0.05) is 46.0 Å². The molecule has 14 heavy (non-hydrogen) atoms. The summed E-state index contributed by atoms with van der Waals surface area (Å²) in [5.41, 5.74) is 0. The molecule has 1 nitrogen and oxygen atoms in total. The topological polar surface area (TPSA) is 12.0 Å². The second-order valence-corrected chi connectivity index (χ2v) is 6.65. The van der Waals surface area contributed by atoms with Crippen LogP contribution in [0.1, 0.15) is 59.3 Å². The van der Waals surface area contributed by atoms with Crippen LogP contribution in [0.2, 0.25) is 0 Å². The Morgan fingerprint density at radius 1 is 1.29 bits per heavy atom. The van der Waals surface area contributed by atoms with Gasteiger partial charge < -0.3 is 5.32 Å². The highest BCUT2D eigenvalue weighted by Crippen LogP contribution is 2.36. The zero-order valence-corrected chi connectivity index (χ0v) is 10.8. The van der Waals surface area contributed by atoms with E-state index in [2.05, 4.69) is 37.8 Å². The van der Waals surface area contributed by atoms with Gasteiger partial charge in [-0.15, -0.1) is 11.8 Å². The molecule has 1 fully saturated rings. The van der Waals surface area contributed by atoms with Crippen molar-refractivity contribution in [2.45, 2.75) is 69.4 Å². The fourth-order valence-corrected chi connectivity index (χ4v) is 3.58. The second kappa shape index (κ2) is 6.02. The zero-order valence-electron chi connectivity index (χ0n) is 9.94. The number of unbranched alkanes of at least 4 members (excludes halogenated alkanes) is 4. The third kappa shape index (κ3) is 4.22. The molecule has 1 N–H and O–H groups in total. The van der Waals surface area contributed by atoms with Gasteiger partial charge in [-0.3, -0.25) is 0 Å². The predicted octanol–water partition coefficient (Wildman–Crippen LogP) is 3.79. The molecule has 0 aliphatic carbocycles. The van der Waals surface area contributed by atoms with Gasteiger partial charge in [-0.05, 0) is 13.3 Å². The monoisotopic (exact) mass is 215 g/mol. The number of thioether (sulfide) groups is 1. The van der Waals surface area contributed by atoms with Crippen LogP contribution < -0.4 is 5.32 Å². The Bertz CT molecular complexity index is 160. The van der Waals surface area contributed by atoms with E-state index in [0.717, 1.165) is 5.25 Å². The minimum atomic E-state index is 0.381. The van der Waals surface area contributed by atoms with Crippen LogP contribution in [0.5, 0.6) is 0 Å². The molecular weight excluding hydrogens is 190 g/mol. The number of hydrogen-bond acceptors (Lipinski definition) is 2. The minimum absolute atomic E-state index is 0.381. The lowest BCUT2D eigenvalue weighted by molar-refractivity contribution is 0.467. The summed E-state index contributed by atoms with van der Waals surface area (Å²) in [5.74, 6) is 0. The van der Waals surface area contributed by atoms with Crippen LogP contribution >= 0.6 is 11.8 Å². The Morgan fingerprint density at radius 3 is 2.57 bits per heavy atom. The molecule has 0 aromatic heterocycles. The van der Waals surface area contributed by atoms with Gasteiger partial charge in [0.2, 0.25) is 0 Å². The third-order valence-electron chi connectivity index (χ3n) is 2.98. The summed E-state index contributed by atoms with van der Waals surface area (Å²) in [7, 11) is 0. The molecule has 1 saturated heterocycles. The van der Waals surface area contributed by atoms with Crippen molar-refractivity contribution >= 4 is 11.8 Å². The Hall–Kier alpha value is 0.310. The molecule has 0 aromatic carbocycles. The average molecular weight is 215 g/mol. The Morgan fingerprint density at radius 2 is 2.00 bits per heavy atom. The van der Waals surface area contributed by atoms with Gasteiger partial charge in [-0.2, -0.15) is 0 Å². The molecule has 1 aliphatic heterocycles. The van der Waals surface area contributed by atoms with E-state index < -0.39 is 0 Å². The zero-order chi connectivity index (χ0) is 10.4. The first-order valence-corrected chi connectivity index (χ1v) is 6.97. The van der Waals surface area contributed by atoms with Crippen molar-refractivity contribution in [3.05, 3.63) is 0 Å². The summed E-state index contributed by atoms with van der Waals surface area (Å²) in [4.78, 5) is 0.381. The maximum absolute atomic E-state index is 3.64. The summed E-state index contributed by atoms with van der Waals surface area (Å²) >= 11 is 2.12. The average Bonchev–Trinajstić information content (AvgIpc) is 2.47. The van der Waals surface area contributed by atoms with Crippen LogP contribution in [0.15, 0.2) is 0 Å². The second-order valence-electron chi connectivity index (χ2n) is 4.70. The lowest BCUT2D eigenvalue weighted by Gasteiger charge is -2.23. The van der Waals surface area contributed by atoms with Gasteiger partial charge in [0.1, 0.15) is 0 Å². The van der Waals surface area contributed by atoms with Crippen LogP contribution in [0.4, 0.5) is 0 Å². The smallest absolute Gasteiger partial charge is 0.0620 e. The molecule has 0 radical (unpaired) electrons. The first kappa shape index (κ1) is 12.4. The molecule has 0 aromatic rings. The SMILES string of the molecule is CCCCCCCC1(C)NCC(C)S1. The van der Waals surface area contributed by atoms with E-state index in [1.807, 2.05) is 0 Å². The summed E-state index contributed by atoms with van der Waals surface area (Å²) in [6, 6.07) is 0. The van der Waals surface area contributed by atoms with E-state index in [9.17, 15) is 0 Å². The molecule has 1 rings (SSSR count). The largest absolute Gasteiger partial charge is 0.302 e. The fourth-order valence-electron chi connectivity index (χ4n) is 2.10. The van der Waals surface area contributed by atoms with Crippen LogP contribution in [0.25, 0.3) is 0 Å². The fraction of sp³-hybridized carbons (Fsp3) is 1.00. The summed E-state index contributed by atoms with van der Waals surface area (Å²) in [6.45, 7) is 8.15. The predicted molar refractivity (Wildman–Crippen MR) is 66.8 cm³/mol. The van der Waals surface area contributed by atoms with E-state index in [1.165, 1.54) is 45.1 Å². The van der Waals surface area contributed by atoms with Gasteiger partial charge in [0, 0.05) is 11.8 Å². The molecular formula is C12H25NS. The number of hydrogen-bond donors (Lipinski definition) is 1. The van der Waals surface area contributed by atoms with Gasteiger partial charge in [0.15, 0.2) is 0 Å². The van der Waals surface area contributed by atoms with Crippen molar-refractivity contribution in [3.63, 3.8) is 0 Å². The normalized spacial score (nSPS) is 32.4. The Labute approximate surface area is 93.4 Å². The standard InChI is InChI=1S/C12H25NS/c1-4-5-6-7-8-9-12(3)13-10-11(2)14-12/h11,13H,4-10H2,1-3H3. The number of rotatable bonds is 6. The van der Waals surface area contributed by atoms with Gasteiger partial charge in [0.25, 0.3) is 0 Å². The van der Waals surface area contributed by atoms with Crippen molar-refractivity contribution < 1.29 is 0 Å². The lowest BCUT2D eigenvalue weighted by atomic mass is 10.1.